The topological polar surface area (TPSA) is 60.7 Å². The maximum absolute atomic E-state index is 13.3. The molecule has 4 heteroatoms. The van der Waals surface area contributed by atoms with E-state index in [9.17, 15) is 19.7 Å². The molecule has 0 saturated heterocycles. The van der Waals surface area contributed by atoms with Crippen molar-refractivity contribution in [2.24, 2.45) is 0 Å². The molecule has 0 aliphatic rings. The number of phenols is 1. The molecule has 25 heavy (non-hydrogen) atoms. The van der Waals surface area contributed by atoms with Gasteiger partial charge in [0.25, 0.3) is 0 Å². The van der Waals surface area contributed by atoms with Gasteiger partial charge >= 0.3 is 0 Å². The van der Waals surface area contributed by atoms with Crippen LogP contribution in [0.25, 0.3) is 0 Å². The van der Waals surface area contributed by atoms with Gasteiger partial charge in [0.15, 0.2) is 11.6 Å². The number of aliphatic hydroxyl groups is 2. The number of rotatable bonds is 7. The number of aliphatic hydroxyl groups excluding tert-OH is 2. The van der Waals surface area contributed by atoms with Gasteiger partial charge in [0.2, 0.25) is 0 Å². The van der Waals surface area contributed by atoms with Crippen molar-refractivity contribution in [2.75, 3.05) is 0 Å². The first-order valence-corrected chi connectivity index (χ1v) is 8.33. The minimum Gasteiger partial charge on any atom is -0.505 e. The minimum absolute atomic E-state index is 0.273. The maximum atomic E-state index is 13.3. The van der Waals surface area contributed by atoms with Crippen molar-refractivity contribution in [1.29, 1.82) is 0 Å². The van der Waals surface area contributed by atoms with Crippen LogP contribution in [0.1, 0.15) is 49.5 Å². The molecule has 2 rings (SSSR count). The van der Waals surface area contributed by atoms with Crippen molar-refractivity contribution in [2.45, 2.75) is 38.4 Å². The molecule has 0 radical (unpaired) electrons. The van der Waals surface area contributed by atoms with E-state index in [4.69, 9.17) is 0 Å². The third kappa shape index (κ3) is 5.57. The summed E-state index contributed by atoms with van der Waals surface area (Å²) in [7, 11) is 0. The molecule has 0 aliphatic carbocycles. The summed E-state index contributed by atoms with van der Waals surface area (Å²) >= 11 is 0. The number of halogens is 1. The van der Waals surface area contributed by atoms with Crippen LogP contribution in [0.5, 0.6) is 5.75 Å². The highest BCUT2D eigenvalue weighted by Gasteiger charge is 2.10. The van der Waals surface area contributed by atoms with E-state index in [1.54, 1.807) is 6.08 Å². The van der Waals surface area contributed by atoms with Crippen LogP contribution >= 0.6 is 0 Å². The Morgan fingerprint density at radius 1 is 1.08 bits per heavy atom. The molecule has 2 aromatic rings. The van der Waals surface area contributed by atoms with Crippen LogP contribution in [0.15, 0.2) is 65.9 Å². The van der Waals surface area contributed by atoms with Gasteiger partial charge in [-0.1, -0.05) is 43.3 Å². The maximum Gasteiger partial charge on any atom is 0.165 e. The molecule has 0 aliphatic heterocycles. The summed E-state index contributed by atoms with van der Waals surface area (Å²) < 4.78 is 13.3. The fourth-order valence-electron chi connectivity index (χ4n) is 2.51. The van der Waals surface area contributed by atoms with Gasteiger partial charge in [-0.15, -0.1) is 5.73 Å². The number of aromatic hydroxyl groups is 1. The Balaban J connectivity index is 2.01. The van der Waals surface area contributed by atoms with E-state index in [0.29, 0.717) is 12.0 Å². The summed E-state index contributed by atoms with van der Waals surface area (Å²) in [5.74, 6) is -1.19. The zero-order valence-electron chi connectivity index (χ0n) is 14.2. The van der Waals surface area contributed by atoms with Crippen LogP contribution in [0, 0.1) is 5.82 Å². The summed E-state index contributed by atoms with van der Waals surface area (Å²) in [6.07, 6.45) is 1.72. The second-order valence-corrected chi connectivity index (χ2v) is 5.90. The predicted molar refractivity (Wildman–Crippen MR) is 95.5 cm³/mol. The van der Waals surface area contributed by atoms with Gasteiger partial charge in [-0.2, -0.15) is 0 Å². The Bertz CT molecular complexity index is 749. The normalized spacial score (nSPS) is 13.0. The summed E-state index contributed by atoms with van der Waals surface area (Å²) in [6, 6.07) is 13.3. The van der Waals surface area contributed by atoms with Gasteiger partial charge in [0.05, 0.1) is 12.2 Å². The Hall–Kier alpha value is -2.39. The highest BCUT2D eigenvalue weighted by atomic mass is 19.1. The molecule has 0 heterocycles. The van der Waals surface area contributed by atoms with E-state index in [2.05, 4.69) is 5.73 Å². The lowest BCUT2D eigenvalue weighted by Gasteiger charge is -2.11. The average Bonchev–Trinajstić information content (AvgIpc) is 2.63. The first kappa shape index (κ1) is 18.9. The summed E-state index contributed by atoms with van der Waals surface area (Å²) in [5.41, 5.74) is 5.33. The molecular weight excluding hydrogens is 319 g/mol. The largest absolute Gasteiger partial charge is 0.505 e. The fourth-order valence-corrected chi connectivity index (χ4v) is 2.51. The van der Waals surface area contributed by atoms with E-state index in [1.807, 2.05) is 37.3 Å². The molecule has 3 nitrogen and oxygen atoms in total. The van der Waals surface area contributed by atoms with Crippen molar-refractivity contribution in [3.05, 3.63) is 82.9 Å². The first-order valence-electron chi connectivity index (χ1n) is 8.33. The molecule has 0 spiro atoms. The molecule has 2 aromatic carbocycles. The Labute approximate surface area is 147 Å². The van der Waals surface area contributed by atoms with Gasteiger partial charge in [-0.3, -0.25) is 0 Å². The standard InChI is InChI=1S/C21H23FO3/c1-2-15(13-21(25)16-8-4-3-5-9-16)7-6-10-19(23)17-11-12-20(24)18(22)14-17/h3-6,8-9,11-12,14,19,21,23-25H,2,10,13H2,1H3/t7?,19-,21-/m1/s1. The zero-order valence-corrected chi connectivity index (χ0v) is 14.2. The molecule has 0 saturated carbocycles. The fraction of sp³-hybridized carbons (Fsp3) is 0.286. The molecule has 3 N–H and O–H groups in total. The summed E-state index contributed by atoms with van der Waals surface area (Å²) in [6.45, 7) is 1.99. The molecule has 0 aromatic heterocycles. The molecule has 0 fully saturated rings. The highest BCUT2D eigenvalue weighted by Crippen LogP contribution is 2.24. The van der Waals surface area contributed by atoms with Gasteiger partial charge in [-0.25, -0.2) is 4.39 Å². The first-order chi connectivity index (χ1) is 12.0. The highest BCUT2D eigenvalue weighted by molar-refractivity contribution is 5.29. The Morgan fingerprint density at radius 3 is 2.44 bits per heavy atom. The van der Waals surface area contributed by atoms with Gasteiger partial charge in [-0.05, 0) is 41.3 Å². The van der Waals surface area contributed by atoms with E-state index in [1.165, 1.54) is 12.1 Å². The number of benzene rings is 2. The lowest BCUT2D eigenvalue weighted by molar-refractivity contribution is 0.177. The van der Waals surface area contributed by atoms with Gasteiger partial charge in [0, 0.05) is 12.8 Å². The lowest BCUT2D eigenvalue weighted by Crippen LogP contribution is -1.98. The molecule has 0 unspecified atom stereocenters. The van der Waals surface area contributed by atoms with Crippen molar-refractivity contribution < 1.29 is 19.7 Å². The van der Waals surface area contributed by atoms with E-state index < -0.39 is 23.8 Å². The molecule has 0 bridgehead atoms. The lowest BCUT2D eigenvalue weighted by atomic mass is 10.00. The molecule has 2 atom stereocenters. The number of hydrogen-bond acceptors (Lipinski definition) is 3. The van der Waals surface area contributed by atoms with Crippen LogP contribution in [-0.4, -0.2) is 15.3 Å². The quantitative estimate of drug-likeness (QED) is 0.646. The molecule has 132 valence electrons. The zero-order chi connectivity index (χ0) is 18.2. The van der Waals surface area contributed by atoms with Gasteiger partial charge in [0.1, 0.15) is 0 Å². The third-order valence-electron chi connectivity index (χ3n) is 4.05. The predicted octanol–water partition coefficient (Wildman–Crippen LogP) is 4.57. The van der Waals surface area contributed by atoms with Crippen molar-refractivity contribution >= 4 is 0 Å². The van der Waals surface area contributed by atoms with Crippen LogP contribution in [0.4, 0.5) is 4.39 Å². The van der Waals surface area contributed by atoms with Crippen molar-refractivity contribution in [1.82, 2.24) is 0 Å². The van der Waals surface area contributed by atoms with E-state index in [0.717, 1.165) is 23.6 Å². The summed E-state index contributed by atoms with van der Waals surface area (Å²) in [4.78, 5) is 0. The van der Waals surface area contributed by atoms with Crippen LogP contribution < -0.4 is 0 Å². The minimum atomic E-state index is -0.875. The van der Waals surface area contributed by atoms with Crippen LogP contribution in [0.3, 0.4) is 0 Å². The smallest absolute Gasteiger partial charge is 0.165 e. The molecule has 0 amide bonds. The molecular formula is C21H23FO3. The monoisotopic (exact) mass is 342 g/mol. The van der Waals surface area contributed by atoms with Gasteiger partial charge < -0.3 is 15.3 Å². The third-order valence-corrected chi connectivity index (χ3v) is 4.05. The second kappa shape index (κ2) is 9.19. The average molecular weight is 342 g/mol. The van der Waals surface area contributed by atoms with Crippen LogP contribution in [0.2, 0.25) is 0 Å². The summed E-state index contributed by atoms with van der Waals surface area (Å²) in [5, 5.41) is 29.6. The number of hydrogen-bond donors (Lipinski definition) is 3. The van der Waals surface area contributed by atoms with E-state index >= 15 is 0 Å². The number of phenolic OH excluding ortho intramolecular Hbond substituents is 1. The second-order valence-electron chi connectivity index (χ2n) is 5.90. The van der Waals surface area contributed by atoms with E-state index in [-0.39, 0.29) is 6.42 Å². The van der Waals surface area contributed by atoms with Crippen molar-refractivity contribution in [3.63, 3.8) is 0 Å². The Kier molecular flexibility index (Phi) is 6.96. The SMILES string of the molecule is CCC(=C=CC[C@@H](O)c1ccc(O)c(F)c1)C[C@@H](O)c1ccccc1. The van der Waals surface area contributed by atoms with Crippen LogP contribution in [-0.2, 0) is 0 Å². The Morgan fingerprint density at radius 2 is 1.80 bits per heavy atom. The van der Waals surface area contributed by atoms with Crippen molar-refractivity contribution in [3.8, 4) is 5.75 Å².